The van der Waals surface area contributed by atoms with Crippen LogP contribution in [0.25, 0.3) is 11.0 Å². The summed E-state index contributed by atoms with van der Waals surface area (Å²) in [6.07, 6.45) is 6.24. The number of para-hydroxylation sites is 2. The lowest BCUT2D eigenvalue weighted by atomic mass is 10.3. The molecule has 74 valence electrons. The Morgan fingerprint density at radius 2 is 2.20 bits per heavy atom. The van der Waals surface area contributed by atoms with Crippen LogP contribution in [0.1, 0.15) is 6.92 Å². The SMILES string of the molecule is CC1C=CC=[N+]1c1nc2ccccc2[nH]1. The van der Waals surface area contributed by atoms with Crippen LogP contribution >= 0.6 is 0 Å². The Bertz CT molecular complexity index is 530. The number of rotatable bonds is 1. The second-order valence-corrected chi connectivity index (χ2v) is 3.76. The minimum absolute atomic E-state index is 0.380. The Morgan fingerprint density at radius 3 is 2.93 bits per heavy atom. The lowest BCUT2D eigenvalue weighted by Gasteiger charge is -2.01. The number of aromatic nitrogens is 2. The molecule has 2 heterocycles. The molecular formula is C12H12N3+. The number of hydrogen-bond donors (Lipinski definition) is 1. The van der Waals surface area contributed by atoms with Crippen molar-refractivity contribution < 1.29 is 4.58 Å². The number of imidazole rings is 1. The fourth-order valence-corrected chi connectivity index (χ4v) is 1.86. The third-order valence-corrected chi connectivity index (χ3v) is 2.70. The van der Waals surface area contributed by atoms with Crippen LogP contribution in [0.2, 0.25) is 0 Å². The van der Waals surface area contributed by atoms with Gasteiger partial charge >= 0.3 is 5.95 Å². The van der Waals surface area contributed by atoms with E-state index in [4.69, 9.17) is 0 Å². The summed E-state index contributed by atoms with van der Waals surface area (Å²) in [4.78, 5) is 7.86. The van der Waals surface area contributed by atoms with Crippen LogP contribution in [0.5, 0.6) is 0 Å². The van der Waals surface area contributed by atoms with Crippen LogP contribution in [-0.2, 0) is 0 Å². The van der Waals surface area contributed by atoms with Crippen molar-refractivity contribution >= 4 is 23.2 Å². The fourth-order valence-electron chi connectivity index (χ4n) is 1.86. The molecule has 1 aromatic carbocycles. The zero-order chi connectivity index (χ0) is 10.3. The zero-order valence-corrected chi connectivity index (χ0v) is 8.51. The maximum absolute atomic E-state index is 4.54. The van der Waals surface area contributed by atoms with Gasteiger partial charge < -0.3 is 0 Å². The molecule has 2 aromatic rings. The Kier molecular flexibility index (Phi) is 1.71. The van der Waals surface area contributed by atoms with Crippen molar-refractivity contribution in [3.8, 4) is 0 Å². The highest BCUT2D eigenvalue weighted by molar-refractivity contribution is 5.77. The highest BCUT2D eigenvalue weighted by Gasteiger charge is 2.20. The molecule has 0 bridgehead atoms. The standard InChI is InChI=1S/C12H12N3/c1-9-5-4-8-15(9)12-13-10-6-2-3-7-11(10)14-12/h2-9H,1H3,(H,13,14)/q+1. The number of aromatic amines is 1. The average Bonchev–Trinajstić information content (AvgIpc) is 2.82. The third-order valence-electron chi connectivity index (χ3n) is 2.70. The highest BCUT2D eigenvalue weighted by atomic mass is 15.2. The first-order valence-corrected chi connectivity index (χ1v) is 5.09. The van der Waals surface area contributed by atoms with E-state index < -0.39 is 0 Å². The van der Waals surface area contributed by atoms with E-state index in [1.807, 2.05) is 30.5 Å². The minimum atomic E-state index is 0.380. The van der Waals surface area contributed by atoms with Gasteiger partial charge in [-0.2, -0.15) is 0 Å². The first-order chi connectivity index (χ1) is 7.34. The first-order valence-electron chi connectivity index (χ1n) is 5.09. The molecule has 15 heavy (non-hydrogen) atoms. The smallest absolute Gasteiger partial charge is 0.238 e. The van der Waals surface area contributed by atoms with Crippen molar-refractivity contribution in [2.75, 3.05) is 0 Å². The number of nitrogens with one attached hydrogen (secondary N) is 1. The topological polar surface area (TPSA) is 31.7 Å². The Morgan fingerprint density at radius 1 is 1.33 bits per heavy atom. The molecule has 0 spiro atoms. The molecular weight excluding hydrogens is 186 g/mol. The molecule has 0 fully saturated rings. The van der Waals surface area contributed by atoms with Gasteiger partial charge in [0, 0.05) is 0 Å². The van der Waals surface area contributed by atoms with E-state index in [2.05, 4.69) is 33.6 Å². The summed E-state index contributed by atoms with van der Waals surface area (Å²) < 4.78 is 2.12. The van der Waals surface area contributed by atoms with Crippen LogP contribution in [-0.4, -0.2) is 26.8 Å². The maximum atomic E-state index is 4.54. The molecule has 1 N–H and O–H groups in total. The molecule has 0 saturated carbocycles. The van der Waals surface area contributed by atoms with E-state index in [1.165, 1.54) is 0 Å². The van der Waals surface area contributed by atoms with E-state index in [0.29, 0.717) is 6.04 Å². The van der Waals surface area contributed by atoms with E-state index in [1.54, 1.807) is 0 Å². The molecule has 0 radical (unpaired) electrons. The summed E-state index contributed by atoms with van der Waals surface area (Å²) in [5.74, 6) is 0.911. The molecule has 0 aliphatic carbocycles. The van der Waals surface area contributed by atoms with E-state index in [9.17, 15) is 0 Å². The molecule has 3 rings (SSSR count). The van der Waals surface area contributed by atoms with Gasteiger partial charge in [0.2, 0.25) is 0 Å². The number of nitrogens with zero attached hydrogens (tertiary/aromatic N) is 2. The number of hydrogen-bond acceptors (Lipinski definition) is 1. The van der Waals surface area contributed by atoms with Crippen LogP contribution < -0.4 is 0 Å². The molecule has 0 amide bonds. The third kappa shape index (κ3) is 1.28. The molecule has 0 saturated heterocycles. The predicted molar refractivity (Wildman–Crippen MR) is 60.7 cm³/mol. The van der Waals surface area contributed by atoms with Crippen molar-refractivity contribution in [1.29, 1.82) is 0 Å². The number of benzene rings is 1. The van der Waals surface area contributed by atoms with Crippen molar-refractivity contribution in [3.05, 3.63) is 36.4 Å². The lowest BCUT2D eigenvalue weighted by molar-refractivity contribution is -0.464. The van der Waals surface area contributed by atoms with Gasteiger partial charge in [0.1, 0.15) is 5.52 Å². The number of allylic oxidation sites excluding steroid dienone is 1. The van der Waals surface area contributed by atoms with Gasteiger partial charge in [-0.3, -0.25) is 0 Å². The Balaban J connectivity index is 2.13. The molecule has 1 atom stereocenters. The Labute approximate surface area is 87.8 Å². The maximum Gasteiger partial charge on any atom is 0.397 e. The van der Waals surface area contributed by atoms with Crippen LogP contribution in [0.15, 0.2) is 36.4 Å². The zero-order valence-electron chi connectivity index (χ0n) is 8.51. The first kappa shape index (κ1) is 8.41. The second kappa shape index (κ2) is 3.05. The lowest BCUT2D eigenvalue weighted by Crippen LogP contribution is -2.13. The second-order valence-electron chi connectivity index (χ2n) is 3.76. The van der Waals surface area contributed by atoms with Crippen molar-refractivity contribution in [3.63, 3.8) is 0 Å². The summed E-state index contributed by atoms with van der Waals surface area (Å²) >= 11 is 0. The molecule has 1 aliphatic heterocycles. The highest BCUT2D eigenvalue weighted by Crippen LogP contribution is 2.18. The van der Waals surface area contributed by atoms with Gasteiger partial charge in [0.25, 0.3) is 0 Å². The predicted octanol–water partition coefficient (Wildman–Crippen LogP) is 2.24. The van der Waals surface area contributed by atoms with Gasteiger partial charge in [0.05, 0.1) is 12.3 Å². The fraction of sp³-hybridized carbons (Fsp3) is 0.167. The van der Waals surface area contributed by atoms with Crippen LogP contribution in [0, 0.1) is 0 Å². The van der Waals surface area contributed by atoms with Gasteiger partial charge in [-0.15, -0.1) is 0 Å². The number of H-pyrrole nitrogens is 1. The summed E-state index contributed by atoms with van der Waals surface area (Å²) in [7, 11) is 0. The monoisotopic (exact) mass is 198 g/mol. The van der Waals surface area contributed by atoms with Gasteiger partial charge in [-0.05, 0) is 31.2 Å². The molecule has 3 nitrogen and oxygen atoms in total. The Hall–Kier alpha value is -1.90. The van der Waals surface area contributed by atoms with E-state index in [0.717, 1.165) is 17.0 Å². The van der Waals surface area contributed by atoms with Crippen LogP contribution in [0.4, 0.5) is 5.95 Å². The van der Waals surface area contributed by atoms with Crippen molar-refractivity contribution in [2.45, 2.75) is 13.0 Å². The minimum Gasteiger partial charge on any atom is -0.238 e. The molecule has 3 heteroatoms. The average molecular weight is 198 g/mol. The molecule has 1 aromatic heterocycles. The van der Waals surface area contributed by atoms with Crippen molar-refractivity contribution in [1.82, 2.24) is 9.97 Å². The summed E-state index contributed by atoms with van der Waals surface area (Å²) in [5.41, 5.74) is 2.10. The number of fused-ring (bicyclic) bond motifs is 1. The summed E-state index contributed by atoms with van der Waals surface area (Å²) in [5, 5.41) is 0. The van der Waals surface area contributed by atoms with E-state index in [-0.39, 0.29) is 0 Å². The van der Waals surface area contributed by atoms with Gasteiger partial charge in [-0.25, -0.2) is 9.56 Å². The summed E-state index contributed by atoms with van der Waals surface area (Å²) in [6, 6.07) is 8.46. The molecule has 1 unspecified atom stereocenters. The van der Waals surface area contributed by atoms with Crippen molar-refractivity contribution in [2.24, 2.45) is 0 Å². The normalized spacial score (nSPS) is 19.8. The van der Waals surface area contributed by atoms with E-state index >= 15 is 0 Å². The summed E-state index contributed by atoms with van der Waals surface area (Å²) in [6.45, 7) is 2.15. The van der Waals surface area contributed by atoms with Gasteiger partial charge in [-0.1, -0.05) is 17.1 Å². The quantitative estimate of drug-likeness (QED) is 0.700. The van der Waals surface area contributed by atoms with Gasteiger partial charge in [0.15, 0.2) is 5.52 Å². The van der Waals surface area contributed by atoms with Crippen LogP contribution in [0.3, 0.4) is 0 Å². The largest absolute Gasteiger partial charge is 0.397 e. The molecule has 1 aliphatic rings.